The van der Waals surface area contributed by atoms with Gasteiger partial charge in [0.05, 0.1) is 38.1 Å². The zero-order valence-electron chi connectivity index (χ0n) is 19.1. The number of ether oxygens (including phenoxy) is 6. The predicted octanol–water partition coefficient (Wildman–Crippen LogP) is -2.01. The van der Waals surface area contributed by atoms with Gasteiger partial charge in [-0.25, -0.2) is 4.79 Å². The molecule has 4 aliphatic rings. The number of rotatable bonds is 7. The highest BCUT2D eigenvalue weighted by atomic mass is 16.8. The van der Waals surface area contributed by atoms with E-state index in [9.17, 15) is 35.4 Å². The fraction of sp³-hybridized carbons (Fsp3) is 0.609. The van der Waals surface area contributed by atoms with Crippen LogP contribution in [0.2, 0.25) is 0 Å². The molecule has 11 atom stereocenters. The van der Waals surface area contributed by atoms with E-state index in [0.717, 1.165) is 0 Å². The molecule has 5 rings (SSSR count). The molecular formula is C23H28O13. The minimum Gasteiger partial charge on any atom is -0.504 e. The fourth-order valence-electron chi connectivity index (χ4n) is 5.28. The second-order valence-electron chi connectivity index (χ2n) is 9.18. The Morgan fingerprint density at radius 1 is 1.11 bits per heavy atom. The normalized spacial score (nSPS) is 42.7. The Kier molecular flexibility index (Phi) is 6.59. The van der Waals surface area contributed by atoms with Gasteiger partial charge < -0.3 is 59.1 Å². The second kappa shape index (κ2) is 9.43. The molecule has 6 N–H and O–H groups in total. The van der Waals surface area contributed by atoms with E-state index in [2.05, 4.69) is 0 Å². The number of phenols is 1. The van der Waals surface area contributed by atoms with Crippen LogP contribution in [0.3, 0.4) is 0 Å². The minimum atomic E-state index is -1.66. The number of hydrogen-bond donors (Lipinski definition) is 6. The van der Waals surface area contributed by atoms with Gasteiger partial charge >= 0.3 is 5.97 Å². The molecule has 11 unspecified atom stereocenters. The van der Waals surface area contributed by atoms with Crippen molar-refractivity contribution in [3.8, 4) is 11.5 Å². The van der Waals surface area contributed by atoms with Crippen molar-refractivity contribution in [2.45, 2.75) is 54.8 Å². The van der Waals surface area contributed by atoms with Crippen LogP contribution in [0.15, 0.2) is 30.5 Å². The van der Waals surface area contributed by atoms with E-state index in [1.165, 1.54) is 31.6 Å². The summed E-state index contributed by atoms with van der Waals surface area (Å²) in [6, 6.07) is 4.02. The Morgan fingerprint density at radius 2 is 1.89 bits per heavy atom. The molecule has 0 bridgehead atoms. The van der Waals surface area contributed by atoms with E-state index in [4.69, 9.17) is 28.4 Å². The van der Waals surface area contributed by atoms with Gasteiger partial charge in [0.15, 0.2) is 17.8 Å². The summed E-state index contributed by atoms with van der Waals surface area (Å²) in [6.07, 6.45) is -7.19. The smallest absolute Gasteiger partial charge is 0.338 e. The molecule has 1 saturated carbocycles. The Hall–Kier alpha value is -2.49. The summed E-state index contributed by atoms with van der Waals surface area (Å²) in [5, 5.41) is 59.8. The van der Waals surface area contributed by atoms with Gasteiger partial charge in [0.25, 0.3) is 0 Å². The average Bonchev–Trinajstić information content (AvgIpc) is 3.56. The van der Waals surface area contributed by atoms with Crippen molar-refractivity contribution < 1.29 is 63.9 Å². The van der Waals surface area contributed by atoms with Crippen LogP contribution in [-0.2, 0) is 23.7 Å². The maximum absolute atomic E-state index is 12.9. The highest BCUT2D eigenvalue weighted by Crippen LogP contribution is 2.60. The third-order valence-corrected chi connectivity index (χ3v) is 7.26. The standard InChI is InChI=1S/C23H28O13/c1-31-12-6-9(2-3-11(12)26)20(30)34-18-10-4-5-32-21(14(10)23(8-25)19(18)36-23)35-22-17(29)16(28)15(27)13(7-24)33-22/h2-6,10,13-19,21-22,24-29H,7-8H2,1H3. The van der Waals surface area contributed by atoms with Gasteiger partial charge in [-0.15, -0.1) is 0 Å². The summed E-state index contributed by atoms with van der Waals surface area (Å²) in [7, 11) is 1.35. The number of aromatic hydroxyl groups is 1. The number of esters is 1. The number of phenolic OH excluding ortho intramolecular Hbond substituents is 1. The van der Waals surface area contributed by atoms with Crippen LogP contribution in [0.5, 0.6) is 11.5 Å². The van der Waals surface area contributed by atoms with Crippen LogP contribution in [0.25, 0.3) is 0 Å². The van der Waals surface area contributed by atoms with E-state index in [0.29, 0.717) is 0 Å². The molecule has 2 saturated heterocycles. The number of methoxy groups -OCH3 is 1. The maximum Gasteiger partial charge on any atom is 0.338 e. The molecule has 198 valence electrons. The van der Waals surface area contributed by atoms with Crippen LogP contribution in [0.4, 0.5) is 0 Å². The molecule has 1 aromatic carbocycles. The van der Waals surface area contributed by atoms with Gasteiger partial charge in [-0.3, -0.25) is 0 Å². The second-order valence-corrected chi connectivity index (χ2v) is 9.18. The molecule has 0 radical (unpaired) electrons. The molecule has 13 heteroatoms. The van der Waals surface area contributed by atoms with Crippen molar-refractivity contribution in [2.75, 3.05) is 20.3 Å². The number of aliphatic hydroxyl groups is 5. The number of carbonyl (C=O) groups is 1. The van der Waals surface area contributed by atoms with Gasteiger partial charge in [0.2, 0.25) is 6.29 Å². The van der Waals surface area contributed by atoms with Gasteiger partial charge in [0.1, 0.15) is 42.2 Å². The average molecular weight is 512 g/mol. The first-order valence-electron chi connectivity index (χ1n) is 11.4. The van der Waals surface area contributed by atoms with Crippen LogP contribution >= 0.6 is 0 Å². The summed E-state index contributed by atoms with van der Waals surface area (Å²) in [5.74, 6) is -1.95. The molecule has 0 aromatic heterocycles. The van der Waals surface area contributed by atoms with Gasteiger partial charge in [-0.1, -0.05) is 0 Å². The highest BCUT2D eigenvalue weighted by Gasteiger charge is 2.77. The molecule has 3 heterocycles. The van der Waals surface area contributed by atoms with E-state index in [1.54, 1.807) is 6.08 Å². The lowest BCUT2D eigenvalue weighted by molar-refractivity contribution is -0.344. The molecule has 0 spiro atoms. The molecular weight excluding hydrogens is 484 g/mol. The first kappa shape index (κ1) is 25.2. The van der Waals surface area contributed by atoms with Gasteiger partial charge in [0, 0.05) is 5.92 Å². The van der Waals surface area contributed by atoms with Crippen LogP contribution in [0, 0.1) is 11.8 Å². The quantitative estimate of drug-likeness (QED) is 0.173. The highest BCUT2D eigenvalue weighted by molar-refractivity contribution is 5.90. The monoisotopic (exact) mass is 512 g/mol. The van der Waals surface area contributed by atoms with Crippen LogP contribution in [0.1, 0.15) is 10.4 Å². The Labute approximate surface area is 205 Å². The third-order valence-electron chi connectivity index (χ3n) is 7.26. The zero-order chi connectivity index (χ0) is 25.8. The molecule has 3 fully saturated rings. The summed E-state index contributed by atoms with van der Waals surface area (Å²) in [4.78, 5) is 12.9. The molecule has 13 nitrogen and oxygen atoms in total. The number of fused-ring (bicyclic) bond motifs is 3. The van der Waals surface area contributed by atoms with E-state index in [1.807, 2.05) is 0 Å². The molecule has 36 heavy (non-hydrogen) atoms. The SMILES string of the molecule is COc1cc(C(=O)OC2C3C=COC(OC4OC(CO)C(O)C(O)C4O)C3C3(CO)OC23)ccc1O. The Balaban J connectivity index is 1.35. The lowest BCUT2D eigenvalue weighted by Gasteiger charge is -2.43. The largest absolute Gasteiger partial charge is 0.504 e. The maximum atomic E-state index is 12.9. The zero-order valence-corrected chi connectivity index (χ0v) is 19.1. The number of aliphatic hydroxyl groups excluding tert-OH is 5. The number of carbonyl (C=O) groups excluding carboxylic acids is 1. The van der Waals surface area contributed by atoms with E-state index >= 15 is 0 Å². The fourth-order valence-corrected chi connectivity index (χ4v) is 5.28. The molecule has 1 aliphatic carbocycles. The molecule has 3 aliphatic heterocycles. The van der Waals surface area contributed by atoms with Crippen molar-refractivity contribution in [2.24, 2.45) is 11.8 Å². The summed E-state index contributed by atoms with van der Waals surface area (Å²) >= 11 is 0. The Bertz CT molecular complexity index is 1010. The molecule has 1 aromatic rings. The van der Waals surface area contributed by atoms with E-state index < -0.39 is 85.8 Å². The first-order valence-corrected chi connectivity index (χ1v) is 11.4. The summed E-state index contributed by atoms with van der Waals surface area (Å²) < 4.78 is 33.4. The van der Waals surface area contributed by atoms with Crippen molar-refractivity contribution in [3.63, 3.8) is 0 Å². The van der Waals surface area contributed by atoms with Crippen molar-refractivity contribution in [1.29, 1.82) is 0 Å². The van der Waals surface area contributed by atoms with Crippen molar-refractivity contribution in [1.82, 2.24) is 0 Å². The summed E-state index contributed by atoms with van der Waals surface area (Å²) in [6.45, 7) is -1.07. The van der Waals surface area contributed by atoms with Crippen LogP contribution in [-0.4, -0.2) is 112 Å². The predicted molar refractivity (Wildman–Crippen MR) is 114 cm³/mol. The third kappa shape index (κ3) is 3.92. The van der Waals surface area contributed by atoms with Crippen molar-refractivity contribution >= 4 is 5.97 Å². The number of epoxide rings is 1. The number of benzene rings is 1. The van der Waals surface area contributed by atoms with E-state index in [-0.39, 0.29) is 17.1 Å². The van der Waals surface area contributed by atoms with Crippen molar-refractivity contribution in [3.05, 3.63) is 36.1 Å². The minimum absolute atomic E-state index is 0.0973. The topological polar surface area (TPSA) is 197 Å². The van der Waals surface area contributed by atoms with Gasteiger partial charge in [-0.2, -0.15) is 0 Å². The first-order chi connectivity index (χ1) is 17.2. The summed E-state index contributed by atoms with van der Waals surface area (Å²) in [5.41, 5.74) is -1.03. The Morgan fingerprint density at radius 3 is 2.58 bits per heavy atom. The lowest BCUT2D eigenvalue weighted by Crippen LogP contribution is -2.60. The molecule has 0 amide bonds. The van der Waals surface area contributed by atoms with Crippen LogP contribution < -0.4 is 4.74 Å². The van der Waals surface area contributed by atoms with Gasteiger partial charge in [-0.05, 0) is 24.3 Å². The lowest BCUT2D eigenvalue weighted by atomic mass is 9.85. The number of hydrogen-bond acceptors (Lipinski definition) is 13.